The van der Waals surface area contributed by atoms with Crippen LogP contribution in [-0.4, -0.2) is 36.0 Å². The maximum atomic E-state index is 12.1. The average Bonchev–Trinajstić information content (AvgIpc) is 2.63. The van der Waals surface area contributed by atoms with E-state index < -0.39 is 0 Å². The highest BCUT2D eigenvalue weighted by atomic mass is 127. The first-order chi connectivity index (χ1) is 12.3. The standard InChI is InChI=1S/C20H34N4OS.HI/c1-7-15(3)18(25)24-17-11-9-10-16(12-17)13-22-19(21-8-2)23-14-20(4,5)26-6;/h9-12,15H,7-8,13-14H2,1-6H3,(H,24,25)(H2,21,22,23);1H. The lowest BCUT2D eigenvalue weighted by Crippen LogP contribution is -2.43. The molecule has 0 saturated carbocycles. The van der Waals surface area contributed by atoms with Crippen molar-refractivity contribution in [1.29, 1.82) is 0 Å². The molecule has 0 aliphatic carbocycles. The maximum Gasteiger partial charge on any atom is 0.227 e. The van der Waals surface area contributed by atoms with Crippen molar-refractivity contribution < 1.29 is 4.79 Å². The van der Waals surface area contributed by atoms with E-state index in [0.717, 1.165) is 36.7 Å². The van der Waals surface area contributed by atoms with Gasteiger partial charge in [0.05, 0.1) is 6.54 Å². The Morgan fingerprint density at radius 1 is 1.26 bits per heavy atom. The Hall–Kier alpha value is -0.960. The van der Waals surface area contributed by atoms with Gasteiger partial charge in [-0.05, 0) is 51.1 Å². The molecule has 0 aliphatic heterocycles. The Morgan fingerprint density at radius 2 is 1.96 bits per heavy atom. The van der Waals surface area contributed by atoms with Gasteiger partial charge in [-0.15, -0.1) is 24.0 Å². The van der Waals surface area contributed by atoms with Crippen LogP contribution in [-0.2, 0) is 11.3 Å². The molecule has 0 heterocycles. The SMILES string of the molecule is CCNC(=NCc1cccc(NC(=O)C(C)CC)c1)NCC(C)(C)SC.I. The van der Waals surface area contributed by atoms with E-state index in [2.05, 4.69) is 48.0 Å². The summed E-state index contributed by atoms with van der Waals surface area (Å²) in [4.78, 5) is 16.7. The molecule has 0 aromatic heterocycles. The van der Waals surface area contributed by atoms with Crippen LogP contribution in [0.4, 0.5) is 5.69 Å². The summed E-state index contributed by atoms with van der Waals surface area (Å²) in [6.45, 7) is 12.6. The molecule has 5 nitrogen and oxygen atoms in total. The molecule has 3 N–H and O–H groups in total. The third kappa shape index (κ3) is 10.2. The number of nitrogens with one attached hydrogen (secondary N) is 3. The molecule has 7 heteroatoms. The molecule has 1 aromatic carbocycles. The maximum absolute atomic E-state index is 12.1. The summed E-state index contributed by atoms with van der Waals surface area (Å²) in [6, 6.07) is 7.88. The second kappa shape index (κ2) is 13.3. The molecular formula is C20H35IN4OS. The average molecular weight is 506 g/mol. The van der Waals surface area contributed by atoms with Crippen molar-refractivity contribution in [2.75, 3.05) is 24.7 Å². The van der Waals surface area contributed by atoms with Crippen LogP contribution in [0.1, 0.15) is 46.6 Å². The number of anilines is 1. The van der Waals surface area contributed by atoms with E-state index in [-0.39, 0.29) is 40.5 Å². The minimum Gasteiger partial charge on any atom is -0.357 e. The first-order valence-electron chi connectivity index (χ1n) is 9.28. The fourth-order valence-electron chi connectivity index (χ4n) is 2.08. The van der Waals surface area contributed by atoms with Crippen LogP contribution in [0.15, 0.2) is 29.3 Å². The predicted molar refractivity (Wildman–Crippen MR) is 130 cm³/mol. The summed E-state index contributed by atoms with van der Waals surface area (Å²) < 4.78 is 0.149. The number of halogens is 1. The van der Waals surface area contributed by atoms with Gasteiger partial charge in [0.1, 0.15) is 0 Å². The van der Waals surface area contributed by atoms with Gasteiger partial charge in [-0.25, -0.2) is 4.99 Å². The predicted octanol–water partition coefficient (Wildman–Crippen LogP) is 4.49. The highest BCUT2D eigenvalue weighted by molar-refractivity contribution is 14.0. The molecule has 1 atom stereocenters. The van der Waals surface area contributed by atoms with E-state index in [9.17, 15) is 4.79 Å². The van der Waals surface area contributed by atoms with E-state index in [1.165, 1.54) is 0 Å². The van der Waals surface area contributed by atoms with Crippen LogP contribution >= 0.6 is 35.7 Å². The minimum atomic E-state index is 0. The Morgan fingerprint density at radius 3 is 2.56 bits per heavy atom. The summed E-state index contributed by atoms with van der Waals surface area (Å²) in [5.41, 5.74) is 1.89. The van der Waals surface area contributed by atoms with Crippen molar-refractivity contribution in [2.24, 2.45) is 10.9 Å². The lowest BCUT2D eigenvalue weighted by Gasteiger charge is -2.23. The van der Waals surface area contributed by atoms with Gasteiger partial charge in [-0.1, -0.05) is 26.0 Å². The molecular weight excluding hydrogens is 471 g/mol. The zero-order valence-corrected chi connectivity index (χ0v) is 20.5. The second-order valence-electron chi connectivity index (χ2n) is 7.01. The van der Waals surface area contributed by atoms with Crippen LogP contribution in [0.5, 0.6) is 0 Å². The van der Waals surface area contributed by atoms with Crippen LogP contribution in [0, 0.1) is 5.92 Å². The number of hydrogen-bond acceptors (Lipinski definition) is 3. The zero-order chi connectivity index (χ0) is 19.6. The molecule has 154 valence electrons. The van der Waals surface area contributed by atoms with Crippen LogP contribution in [0.25, 0.3) is 0 Å². The van der Waals surface area contributed by atoms with Crippen molar-refractivity contribution in [3.05, 3.63) is 29.8 Å². The third-order valence-corrected chi connectivity index (χ3v) is 5.50. The first-order valence-corrected chi connectivity index (χ1v) is 10.5. The molecule has 1 unspecified atom stereocenters. The number of carbonyl (C=O) groups excluding carboxylic acids is 1. The number of benzene rings is 1. The Bertz CT molecular complexity index is 607. The van der Waals surface area contributed by atoms with Gasteiger partial charge in [0, 0.05) is 29.4 Å². The van der Waals surface area contributed by atoms with Crippen LogP contribution < -0.4 is 16.0 Å². The molecule has 0 bridgehead atoms. The van der Waals surface area contributed by atoms with E-state index in [4.69, 9.17) is 0 Å². The molecule has 27 heavy (non-hydrogen) atoms. The first kappa shape index (κ1) is 26.0. The second-order valence-corrected chi connectivity index (χ2v) is 8.52. The van der Waals surface area contributed by atoms with E-state index in [1.54, 1.807) is 0 Å². The van der Waals surface area contributed by atoms with Crippen molar-refractivity contribution in [1.82, 2.24) is 10.6 Å². The number of hydrogen-bond donors (Lipinski definition) is 3. The van der Waals surface area contributed by atoms with E-state index >= 15 is 0 Å². The normalized spacial score (nSPS) is 12.7. The topological polar surface area (TPSA) is 65.5 Å². The zero-order valence-electron chi connectivity index (χ0n) is 17.4. The summed E-state index contributed by atoms with van der Waals surface area (Å²) in [7, 11) is 0. The van der Waals surface area contributed by atoms with Gasteiger partial charge in [-0.2, -0.15) is 11.8 Å². The van der Waals surface area contributed by atoms with Crippen LogP contribution in [0.2, 0.25) is 0 Å². The number of guanidine groups is 1. The molecule has 0 aliphatic rings. The molecule has 0 radical (unpaired) electrons. The molecule has 0 saturated heterocycles. The molecule has 1 aromatic rings. The van der Waals surface area contributed by atoms with Crippen molar-refractivity contribution in [3.8, 4) is 0 Å². The summed E-state index contributed by atoms with van der Waals surface area (Å²) in [5.74, 6) is 0.882. The van der Waals surface area contributed by atoms with Crippen molar-refractivity contribution >= 4 is 53.3 Å². The fraction of sp³-hybridized carbons (Fsp3) is 0.600. The Balaban J connectivity index is 0.00000676. The molecule has 0 spiro atoms. The monoisotopic (exact) mass is 506 g/mol. The van der Waals surface area contributed by atoms with Gasteiger partial charge < -0.3 is 16.0 Å². The van der Waals surface area contributed by atoms with E-state index in [0.29, 0.717) is 6.54 Å². The van der Waals surface area contributed by atoms with Crippen molar-refractivity contribution in [2.45, 2.75) is 52.3 Å². The summed E-state index contributed by atoms with van der Waals surface area (Å²) >= 11 is 1.83. The number of amides is 1. The van der Waals surface area contributed by atoms with Gasteiger partial charge in [-0.3, -0.25) is 4.79 Å². The summed E-state index contributed by atoms with van der Waals surface area (Å²) in [6.07, 6.45) is 2.95. The smallest absolute Gasteiger partial charge is 0.227 e. The summed E-state index contributed by atoms with van der Waals surface area (Å²) in [5, 5.41) is 9.66. The molecule has 1 rings (SSSR count). The number of carbonyl (C=O) groups is 1. The van der Waals surface area contributed by atoms with E-state index in [1.807, 2.05) is 49.9 Å². The van der Waals surface area contributed by atoms with Crippen molar-refractivity contribution in [3.63, 3.8) is 0 Å². The number of nitrogens with zero attached hydrogens (tertiary/aromatic N) is 1. The lowest BCUT2D eigenvalue weighted by atomic mass is 10.1. The van der Waals surface area contributed by atoms with Gasteiger partial charge in [0.2, 0.25) is 5.91 Å². The fourth-order valence-corrected chi connectivity index (χ4v) is 2.30. The highest BCUT2D eigenvalue weighted by Crippen LogP contribution is 2.19. The largest absolute Gasteiger partial charge is 0.357 e. The third-order valence-electron chi connectivity index (χ3n) is 4.25. The molecule has 1 amide bonds. The minimum absolute atomic E-state index is 0. The van der Waals surface area contributed by atoms with Crippen LogP contribution in [0.3, 0.4) is 0 Å². The number of thioether (sulfide) groups is 1. The molecule has 0 fully saturated rings. The lowest BCUT2D eigenvalue weighted by molar-refractivity contribution is -0.119. The van der Waals surface area contributed by atoms with Gasteiger partial charge in [0.25, 0.3) is 0 Å². The number of aliphatic imine (C=N–C) groups is 1. The Labute approximate surface area is 186 Å². The highest BCUT2D eigenvalue weighted by Gasteiger charge is 2.16. The van der Waals surface area contributed by atoms with Gasteiger partial charge >= 0.3 is 0 Å². The quantitative estimate of drug-likeness (QED) is 0.263. The Kier molecular flexibility index (Phi) is 12.8. The van der Waals surface area contributed by atoms with Gasteiger partial charge in [0.15, 0.2) is 5.96 Å². The number of rotatable bonds is 9.